The van der Waals surface area contributed by atoms with Gasteiger partial charge in [0.2, 0.25) is 0 Å². The quantitative estimate of drug-likeness (QED) is 0.113. The molecule has 3 aromatic rings. The molecule has 0 radical (unpaired) electrons. The molecule has 0 spiro atoms. The predicted octanol–water partition coefficient (Wildman–Crippen LogP) is 6.61. The minimum absolute atomic E-state index is 0.00886. The molecule has 234 valence electrons. The van der Waals surface area contributed by atoms with Crippen LogP contribution < -0.4 is 0 Å². The van der Waals surface area contributed by atoms with E-state index in [0.29, 0.717) is 23.4 Å². The minimum atomic E-state index is -3.44. The van der Waals surface area contributed by atoms with E-state index in [9.17, 15) is 23.3 Å². The van der Waals surface area contributed by atoms with Crippen LogP contribution in [0.15, 0.2) is 102 Å². The summed E-state index contributed by atoms with van der Waals surface area (Å²) in [5.41, 5.74) is 1.81. The number of nitro groups is 1. The van der Waals surface area contributed by atoms with Gasteiger partial charge in [-0.25, -0.2) is 13.2 Å². The summed E-state index contributed by atoms with van der Waals surface area (Å²) in [6.45, 7) is 8.47. The molecule has 1 aliphatic rings. The fourth-order valence-electron chi connectivity index (χ4n) is 5.76. The van der Waals surface area contributed by atoms with E-state index in [1.165, 1.54) is 12.1 Å². The van der Waals surface area contributed by atoms with Gasteiger partial charge in [0, 0.05) is 37.8 Å². The third-order valence-corrected chi connectivity index (χ3v) is 10.5. The lowest BCUT2D eigenvalue weighted by atomic mass is 9.90. The molecule has 0 N–H and O–H groups in total. The number of rotatable bonds is 14. The van der Waals surface area contributed by atoms with Crippen molar-refractivity contribution in [3.63, 3.8) is 0 Å². The molecule has 0 unspecified atom stereocenters. The maximum atomic E-state index is 13.3. The Balaban J connectivity index is 1.32. The zero-order valence-electron chi connectivity index (χ0n) is 25.2. The van der Waals surface area contributed by atoms with Crippen LogP contribution in [-0.4, -0.2) is 66.7 Å². The zero-order chi connectivity index (χ0) is 31.5. The molecule has 10 heteroatoms. The van der Waals surface area contributed by atoms with Gasteiger partial charge in [0.15, 0.2) is 9.84 Å². The summed E-state index contributed by atoms with van der Waals surface area (Å²) in [5, 5.41) is 10.4. The van der Waals surface area contributed by atoms with Gasteiger partial charge in [0.05, 0.1) is 15.1 Å². The first-order valence-corrected chi connectivity index (χ1v) is 16.6. The van der Waals surface area contributed by atoms with Crippen LogP contribution in [0.25, 0.3) is 0 Å². The molecule has 4 rings (SSSR count). The molecule has 0 saturated carbocycles. The van der Waals surface area contributed by atoms with Crippen molar-refractivity contribution in [3.8, 4) is 0 Å². The van der Waals surface area contributed by atoms with Crippen molar-refractivity contribution >= 4 is 21.6 Å². The number of non-ortho nitro benzene ring substituents is 1. The van der Waals surface area contributed by atoms with Crippen LogP contribution in [-0.2, 0) is 21.2 Å². The van der Waals surface area contributed by atoms with E-state index in [1.807, 2.05) is 24.3 Å². The predicted molar refractivity (Wildman–Crippen MR) is 171 cm³/mol. The van der Waals surface area contributed by atoms with Crippen molar-refractivity contribution in [1.29, 1.82) is 0 Å². The number of sulfone groups is 1. The van der Waals surface area contributed by atoms with Gasteiger partial charge in [-0.15, -0.1) is 6.58 Å². The molecule has 1 heterocycles. The molecule has 2 atom stereocenters. The van der Waals surface area contributed by atoms with Crippen molar-refractivity contribution in [3.05, 3.63) is 119 Å². The summed E-state index contributed by atoms with van der Waals surface area (Å²) in [6.07, 6.45) is 4.20. The lowest BCUT2D eigenvalue weighted by Crippen LogP contribution is -2.47. The van der Waals surface area contributed by atoms with E-state index in [-0.39, 0.29) is 24.3 Å². The normalized spacial score (nSPS) is 15.7. The van der Waals surface area contributed by atoms with Gasteiger partial charge in [-0.3, -0.25) is 10.1 Å². The maximum absolute atomic E-state index is 13.3. The summed E-state index contributed by atoms with van der Waals surface area (Å²) in [5.74, 6) is 0.0917. The lowest BCUT2D eigenvalue weighted by Gasteiger charge is -2.38. The fourth-order valence-corrected chi connectivity index (χ4v) is 7.25. The average molecular weight is 620 g/mol. The first kappa shape index (κ1) is 32.9. The molecular formula is C34H41N3O6S. The van der Waals surface area contributed by atoms with E-state index >= 15 is 0 Å². The zero-order valence-corrected chi connectivity index (χ0v) is 26.0. The van der Waals surface area contributed by atoms with Crippen LogP contribution in [0.3, 0.4) is 0 Å². The number of piperidine rings is 1. The van der Waals surface area contributed by atoms with E-state index in [2.05, 4.69) is 23.6 Å². The first-order chi connectivity index (χ1) is 21.2. The lowest BCUT2D eigenvalue weighted by molar-refractivity contribution is -0.384. The van der Waals surface area contributed by atoms with Crippen molar-refractivity contribution in [2.24, 2.45) is 0 Å². The Labute approximate surface area is 260 Å². The molecule has 9 nitrogen and oxygen atoms in total. The van der Waals surface area contributed by atoms with Crippen LogP contribution in [0.1, 0.15) is 49.7 Å². The summed E-state index contributed by atoms with van der Waals surface area (Å²) in [7, 11) is -3.44. The number of benzene rings is 3. The molecular weight excluding hydrogens is 578 g/mol. The summed E-state index contributed by atoms with van der Waals surface area (Å²) in [6, 6.07) is 24.8. The second kappa shape index (κ2) is 15.6. The van der Waals surface area contributed by atoms with Crippen molar-refractivity contribution in [2.45, 2.75) is 61.3 Å². The number of carbonyl (C=O) groups excluding carboxylic acids is 1. The number of ether oxygens (including phenoxy) is 1. The standard InChI is InChI=1S/C34H41N3O6S/c1-3-21-36(34(38)43-26-28-14-16-32(17-15-28)37(39)40)31-19-23-35(24-20-31)22-18-30(29-10-6-4-7-11-29)25-27(2)44(41,42)33-12-8-5-9-13-33/h3-17,27,30-31H,1,18-26H2,2H3/t27-,30-/m1/s1. The van der Waals surface area contributed by atoms with Crippen molar-refractivity contribution in [2.75, 3.05) is 26.2 Å². The molecule has 1 amide bonds. The Morgan fingerprint density at radius 1 is 1.05 bits per heavy atom. The SMILES string of the molecule is C=CCN(C(=O)OCc1ccc([N+](=O)[O-])cc1)C1CCN(CC[C@H](C[C@@H](C)S(=O)(=O)c2ccccc2)c2ccccc2)CC1. The monoisotopic (exact) mass is 619 g/mol. The molecule has 0 aliphatic carbocycles. The van der Waals surface area contributed by atoms with E-state index < -0.39 is 26.1 Å². The smallest absolute Gasteiger partial charge is 0.410 e. The highest BCUT2D eigenvalue weighted by Crippen LogP contribution is 2.30. The molecule has 1 aliphatic heterocycles. The number of hydrogen-bond donors (Lipinski definition) is 0. The Kier molecular flexibility index (Phi) is 11.7. The van der Waals surface area contributed by atoms with Gasteiger partial charge in [0.25, 0.3) is 5.69 Å². The number of hydrogen-bond acceptors (Lipinski definition) is 7. The summed E-state index contributed by atoms with van der Waals surface area (Å²) >= 11 is 0. The largest absolute Gasteiger partial charge is 0.445 e. The Morgan fingerprint density at radius 2 is 1.66 bits per heavy atom. The Morgan fingerprint density at radius 3 is 2.25 bits per heavy atom. The van der Waals surface area contributed by atoms with Crippen molar-refractivity contribution < 1.29 is 22.9 Å². The third-order valence-electron chi connectivity index (χ3n) is 8.35. The van der Waals surface area contributed by atoms with Gasteiger partial charge in [-0.1, -0.05) is 54.6 Å². The van der Waals surface area contributed by atoms with Crippen LogP contribution in [0.5, 0.6) is 0 Å². The van der Waals surface area contributed by atoms with Gasteiger partial charge in [-0.2, -0.15) is 0 Å². The Hall–Kier alpha value is -4.02. The minimum Gasteiger partial charge on any atom is -0.445 e. The van der Waals surface area contributed by atoms with E-state index in [1.54, 1.807) is 54.3 Å². The number of amides is 1. The van der Waals surface area contributed by atoms with Gasteiger partial charge < -0.3 is 14.5 Å². The topological polar surface area (TPSA) is 110 Å². The number of likely N-dealkylation sites (tertiary alicyclic amines) is 1. The Bertz CT molecular complexity index is 1470. The van der Waals surface area contributed by atoms with Gasteiger partial charge in [-0.05, 0) is 80.5 Å². The van der Waals surface area contributed by atoms with Crippen LogP contribution in [0.2, 0.25) is 0 Å². The molecule has 1 saturated heterocycles. The highest BCUT2D eigenvalue weighted by atomic mass is 32.2. The molecule has 0 aromatic heterocycles. The van der Waals surface area contributed by atoms with Gasteiger partial charge >= 0.3 is 6.09 Å². The molecule has 1 fully saturated rings. The summed E-state index contributed by atoms with van der Waals surface area (Å²) < 4.78 is 32.1. The second-order valence-corrected chi connectivity index (χ2v) is 13.7. The number of nitro benzene ring substituents is 1. The van der Waals surface area contributed by atoms with Crippen LogP contribution in [0.4, 0.5) is 10.5 Å². The van der Waals surface area contributed by atoms with Crippen molar-refractivity contribution in [1.82, 2.24) is 9.80 Å². The number of nitrogens with zero attached hydrogens (tertiary/aromatic N) is 3. The molecule has 44 heavy (non-hydrogen) atoms. The van der Waals surface area contributed by atoms with E-state index in [0.717, 1.165) is 44.5 Å². The first-order valence-electron chi connectivity index (χ1n) is 15.0. The number of carbonyl (C=O) groups is 1. The molecule has 3 aromatic carbocycles. The maximum Gasteiger partial charge on any atom is 0.410 e. The van der Waals surface area contributed by atoms with Crippen LogP contribution in [0, 0.1) is 10.1 Å². The molecule has 0 bridgehead atoms. The summed E-state index contributed by atoms with van der Waals surface area (Å²) in [4.78, 5) is 27.9. The van der Waals surface area contributed by atoms with Gasteiger partial charge in [0.1, 0.15) is 6.61 Å². The van der Waals surface area contributed by atoms with E-state index in [4.69, 9.17) is 4.74 Å². The highest BCUT2D eigenvalue weighted by molar-refractivity contribution is 7.92. The highest BCUT2D eigenvalue weighted by Gasteiger charge is 2.30. The average Bonchev–Trinajstić information content (AvgIpc) is 3.05. The second-order valence-electron chi connectivity index (χ2n) is 11.3. The van der Waals surface area contributed by atoms with Crippen LogP contribution >= 0.6 is 0 Å². The third kappa shape index (κ3) is 8.76. The fraction of sp³-hybridized carbons (Fsp3) is 0.382.